The monoisotopic (exact) mass is 510 g/mol. The molecule has 1 atom stereocenters. The zero-order chi connectivity index (χ0) is 27.2. The molecule has 0 spiro atoms. The van der Waals surface area contributed by atoms with Gasteiger partial charge in [-0.2, -0.15) is 5.10 Å². The Morgan fingerprint density at radius 1 is 1.13 bits per heavy atom. The van der Waals surface area contributed by atoms with Crippen LogP contribution in [-0.2, 0) is 11.8 Å². The van der Waals surface area contributed by atoms with Crippen LogP contribution in [0.3, 0.4) is 0 Å². The van der Waals surface area contributed by atoms with Gasteiger partial charge in [0.1, 0.15) is 22.4 Å². The molecule has 0 aliphatic rings. The number of aromatic nitrogens is 3. The zero-order valence-corrected chi connectivity index (χ0v) is 22.3. The first kappa shape index (κ1) is 25.2. The number of pyridine rings is 1. The number of nitrogens with one attached hydrogen (secondary N) is 1. The van der Waals surface area contributed by atoms with Crippen molar-refractivity contribution in [2.24, 2.45) is 7.05 Å². The van der Waals surface area contributed by atoms with E-state index in [1.165, 1.54) is 6.07 Å². The second kappa shape index (κ2) is 9.45. The normalized spacial score (nSPS) is 12.6. The second-order valence-electron chi connectivity index (χ2n) is 10.6. The molecule has 2 aromatic carbocycles. The Morgan fingerprint density at radius 3 is 2.66 bits per heavy atom. The summed E-state index contributed by atoms with van der Waals surface area (Å²) < 4.78 is 13.7. The van der Waals surface area contributed by atoms with Gasteiger partial charge in [-0.3, -0.25) is 14.5 Å². The van der Waals surface area contributed by atoms with E-state index in [1.54, 1.807) is 23.0 Å². The smallest absolute Gasteiger partial charge is 0.340 e. The fourth-order valence-corrected chi connectivity index (χ4v) is 4.50. The van der Waals surface area contributed by atoms with Crippen molar-refractivity contribution in [2.45, 2.75) is 46.3 Å². The van der Waals surface area contributed by atoms with Crippen molar-refractivity contribution in [1.82, 2.24) is 14.8 Å². The fraction of sp³-hybridized carbons (Fsp3) is 0.267. The van der Waals surface area contributed by atoms with Gasteiger partial charge in [0.2, 0.25) is 0 Å². The van der Waals surface area contributed by atoms with Crippen LogP contribution in [0.15, 0.2) is 70.1 Å². The molecule has 3 aromatic heterocycles. The molecule has 194 valence electrons. The molecule has 5 aromatic rings. The van der Waals surface area contributed by atoms with E-state index >= 15 is 0 Å². The van der Waals surface area contributed by atoms with Crippen LogP contribution in [0.4, 0.5) is 5.69 Å². The number of para-hydroxylation sites is 1. The molecule has 5 rings (SSSR count). The lowest BCUT2D eigenvalue weighted by Gasteiger charge is -2.22. The first-order valence-electron chi connectivity index (χ1n) is 12.5. The maximum absolute atomic E-state index is 13.2. The summed E-state index contributed by atoms with van der Waals surface area (Å²) in [6.45, 7) is 9.41. The number of ether oxygens (including phenoxy) is 1. The van der Waals surface area contributed by atoms with Crippen LogP contribution in [0.5, 0.6) is 0 Å². The molecule has 1 unspecified atom stereocenters. The van der Waals surface area contributed by atoms with Crippen LogP contribution < -0.4 is 10.7 Å². The van der Waals surface area contributed by atoms with E-state index in [-0.39, 0.29) is 11.5 Å². The molecule has 0 radical (unpaired) electrons. The average molecular weight is 511 g/mol. The highest BCUT2D eigenvalue weighted by atomic mass is 16.6. The molecule has 8 nitrogen and oxygen atoms in total. The van der Waals surface area contributed by atoms with Crippen LogP contribution in [0.1, 0.15) is 55.2 Å². The molecule has 0 aliphatic heterocycles. The molecule has 0 bridgehead atoms. The Labute approximate surface area is 220 Å². The van der Waals surface area contributed by atoms with Gasteiger partial charge in [-0.05, 0) is 64.4 Å². The highest BCUT2D eigenvalue weighted by Crippen LogP contribution is 2.32. The predicted octanol–water partition coefficient (Wildman–Crippen LogP) is 6.18. The summed E-state index contributed by atoms with van der Waals surface area (Å²) in [6, 6.07) is 14.1. The molecule has 1 N–H and O–H groups in total. The topological polar surface area (TPSA) is 99.2 Å². The third-order valence-corrected chi connectivity index (χ3v) is 6.14. The quantitative estimate of drug-likeness (QED) is 0.282. The van der Waals surface area contributed by atoms with Crippen molar-refractivity contribution in [3.05, 3.63) is 87.8 Å². The van der Waals surface area contributed by atoms with E-state index in [0.29, 0.717) is 33.7 Å². The average Bonchev–Trinajstić information content (AvgIpc) is 3.22. The number of hydrogen-bond donors (Lipinski definition) is 1. The lowest BCUT2D eigenvalue weighted by Crippen LogP contribution is -2.24. The number of carbonyl (C=O) groups is 1. The molecule has 0 saturated heterocycles. The summed E-state index contributed by atoms with van der Waals surface area (Å²) in [5.41, 5.74) is 3.80. The summed E-state index contributed by atoms with van der Waals surface area (Å²) in [6.07, 6.45) is 3.56. The minimum Gasteiger partial charge on any atom is -0.456 e. The molecular formula is C30H30N4O4. The Hall–Kier alpha value is -4.46. The first-order valence-corrected chi connectivity index (χ1v) is 12.5. The SMILES string of the molecule is Cc1cc(C(C)Nc2ccccc2C(=O)OC(C)(C)C)c2oc(-c3cc4cn(C)nc4cn3)cc(=O)c2c1. The lowest BCUT2D eigenvalue weighted by atomic mass is 10.0. The zero-order valence-electron chi connectivity index (χ0n) is 22.3. The van der Waals surface area contributed by atoms with Gasteiger partial charge in [0, 0.05) is 35.9 Å². The Bertz CT molecular complexity index is 1740. The minimum atomic E-state index is -0.616. The number of aryl methyl sites for hydroxylation is 2. The van der Waals surface area contributed by atoms with Gasteiger partial charge in [0.15, 0.2) is 11.2 Å². The number of benzene rings is 2. The van der Waals surface area contributed by atoms with Crippen LogP contribution in [0, 0.1) is 6.92 Å². The molecule has 3 heterocycles. The van der Waals surface area contributed by atoms with E-state index < -0.39 is 11.6 Å². The van der Waals surface area contributed by atoms with Gasteiger partial charge >= 0.3 is 5.97 Å². The van der Waals surface area contributed by atoms with Gasteiger partial charge < -0.3 is 14.5 Å². The van der Waals surface area contributed by atoms with Gasteiger partial charge in [-0.25, -0.2) is 4.79 Å². The third-order valence-electron chi connectivity index (χ3n) is 6.14. The largest absolute Gasteiger partial charge is 0.456 e. The summed E-state index contributed by atoms with van der Waals surface area (Å²) in [7, 11) is 1.85. The number of fused-ring (bicyclic) bond motifs is 2. The van der Waals surface area contributed by atoms with Gasteiger partial charge in [-0.15, -0.1) is 0 Å². The first-order chi connectivity index (χ1) is 18.0. The highest BCUT2D eigenvalue weighted by molar-refractivity contribution is 5.96. The standard InChI is InChI=1S/C30H30N4O4/c1-17-11-21(18(2)32-23-10-8-7-9-20(23)29(36)38-30(3,4)5)28-22(12-17)26(35)14-27(37-28)24-13-19-16-34(6)33-25(19)15-31-24/h7-16,18,32H,1-6H3. The predicted molar refractivity (Wildman–Crippen MR) is 148 cm³/mol. The van der Waals surface area contributed by atoms with Crippen molar-refractivity contribution in [3.63, 3.8) is 0 Å². The van der Waals surface area contributed by atoms with Crippen molar-refractivity contribution < 1.29 is 13.9 Å². The van der Waals surface area contributed by atoms with E-state index in [1.807, 2.05) is 78.2 Å². The van der Waals surface area contributed by atoms with Crippen molar-refractivity contribution in [3.8, 4) is 11.5 Å². The third kappa shape index (κ3) is 5.02. The fourth-order valence-electron chi connectivity index (χ4n) is 4.50. The number of nitrogens with zero attached hydrogens (tertiary/aromatic N) is 3. The lowest BCUT2D eigenvalue weighted by molar-refractivity contribution is 0.00706. The Balaban J connectivity index is 1.57. The van der Waals surface area contributed by atoms with Gasteiger partial charge in [0.05, 0.1) is 23.2 Å². The van der Waals surface area contributed by atoms with Crippen LogP contribution in [0.2, 0.25) is 0 Å². The summed E-state index contributed by atoms with van der Waals surface area (Å²) in [5, 5.41) is 9.18. The highest BCUT2D eigenvalue weighted by Gasteiger charge is 2.22. The number of esters is 1. The van der Waals surface area contributed by atoms with Gasteiger partial charge in [0.25, 0.3) is 0 Å². The molecule has 38 heavy (non-hydrogen) atoms. The molecular weight excluding hydrogens is 480 g/mol. The van der Waals surface area contributed by atoms with Crippen LogP contribution in [-0.4, -0.2) is 26.3 Å². The maximum atomic E-state index is 13.2. The summed E-state index contributed by atoms with van der Waals surface area (Å²) >= 11 is 0. The number of carbonyl (C=O) groups excluding carboxylic acids is 1. The van der Waals surface area contributed by atoms with E-state index in [9.17, 15) is 9.59 Å². The van der Waals surface area contributed by atoms with Crippen molar-refractivity contribution in [1.29, 1.82) is 0 Å². The second-order valence-corrected chi connectivity index (χ2v) is 10.6. The van der Waals surface area contributed by atoms with Gasteiger partial charge in [-0.1, -0.05) is 18.2 Å². The van der Waals surface area contributed by atoms with Crippen molar-refractivity contribution in [2.75, 3.05) is 5.32 Å². The summed E-state index contributed by atoms with van der Waals surface area (Å²) in [4.78, 5) is 30.6. The Morgan fingerprint density at radius 2 is 1.89 bits per heavy atom. The Kier molecular flexibility index (Phi) is 6.26. The maximum Gasteiger partial charge on any atom is 0.340 e. The number of rotatable bonds is 5. The van der Waals surface area contributed by atoms with E-state index in [4.69, 9.17) is 9.15 Å². The molecule has 0 amide bonds. The van der Waals surface area contributed by atoms with Crippen molar-refractivity contribution >= 4 is 33.5 Å². The molecule has 8 heteroatoms. The molecule has 0 aliphatic carbocycles. The molecule has 0 fully saturated rings. The molecule has 0 saturated carbocycles. The van der Waals surface area contributed by atoms with Crippen LogP contribution in [0.25, 0.3) is 33.3 Å². The summed E-state index contributed by atoms with van der Waals surface area (Å²) in [5.74, 6) is -0.0349. The minimum absolute atomic E-state index is 0.152. The van der Waals surface area contributed by atoms with E-state index in [2.05, 4.69) is 15.4 Å². The number of hydrogen-bond acceptors (Lipinski definition) is 7. The van der Waals surface area contributed by atoms with Crippen LogP contribution >= 0.6 is 0 Å². The number of anilines is 1. The van der Waals surface area contributed by atoms with E-state index in [0.717, 1.165) is 22.0 Å².